The lowest BCUT2D eigenvalue weighted by atomic mass is 10.2. The second-order valence-corrected chi connectivity index (χ2v) is 4.94. The van der Waals surface area contributed by atoms with Crippen molar-refractivity contribution in [2.24, 2.45) is 0 Å². The normalized spacial score (nSPS) is 10.1. The minimum atomic E-state index is -0.0251. The van der Waals surface area contributed by atoms with Crippen molar-refractivity contribution >= 4 is 44.7 Å². The molecule has 0 aromatic carbocycles. The van der Waals surface area contributed by atoms with Crippen molar-refractivity contribution in [3.63, 3.8) is 0 Å². The van der Waals surface area contributed by atoms with E-state index in [0.717, 1.165) is 8.66 Å². The Labute approximate surface area is 82.5 Å². The molecule has 0 fully saturated rings. The Hall–Kier alpha value is 0.140. The molecule has 1 nitrogen and oxygen atoms in total. The van der Waals surface area contributed by atoms with Crippen molar-refractivity contribution in [3.8, 4) is 0 Å². The van der Waals surface area contributed by atoms with Gasteiger partial charge in [-0.05, 0) is 28.9 Å². The summed E-state index contributed by atoms with van der Waals surface area (Å²) < 4.78 is 0.876. The van der Waals surface area contributed by atoms with Crippen LogP contribution in [0.2, 0.25) is 0 Å². The first-order valence-corrected chi connectivity index (χ1v) is 5.14. The van der Waals surface area contributed by atoms with E-state index in [2.05, 4.69) is 15.9 Å². The van der Waals surface area contributed by atoms with Crippen LogP contribution >= 0.6 is 38.9 Å². The highest BCUT2D eigenvalue weighted by Crippen LogP contribution is 2.27. The third-order valence-corrected chi connectivity index (χ3v) is 3.23. The first-order valence-electron chi connectivity index (χ1n) is 3.00. The third-order valence-electron chi connectivity index (χ3n) is 1.23. The maximum atomic E-state index is 11.1. The molecule has 0 bridgehead atoms. The van der Waals surface area contributed by atoms with Gasteiger partial charge in [-0.2, -0.15) is 0 Å². The highest BCUT2D eigenvalue weighted by Gasteiger charge is 2.10. The number of alkyl halides is 1. The number of carbonyl (C=O) groups is 1. The van der Waals surface area contributed by atoms with Crippen molar-refractivity contribution in [2.75, 3.05) is 5.88 Å². The van der Waals surface area contributed by atoms with Crippen LogP contribution in [0.5, 0.6) is 0 Å². The van der Waals surface area contributed by atoms with Crippen molar-refractivity contribution in [1.82, 2.24) is 0 Å². The minimum Gasteiger partial charge on any atom is -0.293 e. The van der Waals surface area contributed by atoms with Crippen LogP contribution in [0.15, 0.2) is 9.85 Å². The molecule has 1 rings (SSSR count). The molecule has 11 heavy (non-hydrogen) atoms. The Kier molecular flexibility index (Phi) is 3.10. The van der Waals surface area contributed by atoms with E-state index in [9.17, 15) is 4.79 Å². The van der Waals surface area contributed by atoms with E-state index in [0.29, 0.717) is 5.56 Å². The molecule has 0 radical (unpaired) electrons. The van der Waals surface area contributed by atoms with Gasteiger partial charge in [0.25, 0.3) is 0 Å². The summed E-state index contributed by atoms with van der Waals surface area (Å²) in [6.07, 6.45) is 0. The van der Waals surface area contributed by atoms with Gasteiger partial charge in [-0.15, -0.1) is 22.9 Å². The molecule has 0 spiro atoms. The molecule has 0 aliphatic carbocycles. The van der Waals surface area contributed by atoms with Crippen LogP contribution < -0.4 is 0 Å². The zero-order chi connectivity index (χ0) is 8.43. The molecule has 0 aliphatic heterocycles. The summed E-state index contributed by atoms with van der Waals surface area (Å²) in [6, 6.07) is 1.85. The monoisotopic (exact) mass is 252 g/mol. The van der Waals surface area contributed by atoms with E-state index >= 15 is 0 Å². The van der Waals surface area contributed by atoms with Gasteiger partial charge in [0.2, 0.25) is 0 Å². The Balaban J connectivity index is 3.03. The molecule has 1 aromatic rings. The van der Waals surface area contributed by atoms with Crippen LogP contribution in [0.1, 0.15) is 15.2 Å². The summed E-state index contributed by atoms with van der Waals surface area (Å²) in [5.41, 5.74) is 0.697. The summed E-state index contributed by atoms with van der Waals surface area (Å²) in [4.78, 5) is 12.2. The van der Waals surface area contributed by atoms with Gasteiger partial charge in [0, 0.05) is 10.4 Å². The Bertz CT molecular complexity index is 282. The van der Waals surface area contributed by atoms with Gasteiger partial charge < -0.3 is 0 Å². The third kappa shape index (κ3) is 2.04. The lowest BCUT2D eigenvalue weighted by molar-refractivity contribution is 0.102. The van der Waals surface area contributed by atoms with E-state index in [4.69, 9.17) is 11.6 Å². The molecular weight excluding hydrogens is 248 g/mol. The van der Waals surface area contributed by atoms with E-state index in [-0.39, 0.29) is 11.7 Å². The predicted octanol–water partition coefficient (Wildman–Crippen LogP) is 3.24. The first kappa shape index (κ1) is 9.23. The van der Waals surface area contributed by atoms with Gasteiger partial charge in [0.1, 0.15) is 0 Å². The molecule has 0 aliphatic rings. The number of thiophene rings is 1. The average Bonchev–Trinajstić information content (AvgIpc) is 2.28. The van der Waals surface area contributed by atoms with Crippen LogP contribution in [-0.4, -0.2) is 11.7 Å². The largest absolute Gasteiger partial charge is 0.293 e. The number of halogens is 2. The summed E-state index contributed by atoms with van der Waals surface area (Å²) >= 11 is 10.2. The molecule has 0 unspecified atom stereocenters. The van der Waals surface area contributed by atoms with Crippen LogP contribution in [0.4, 0.5) is 0 Å². The van der Waals surface area contributed by atoms with Gasteiger partial charge in [-0.3, -0.25) is 4.79 Å². The maximum absolute atomic E-state index is 11.1. The number of hydrogen-bond acceptors (Lipinski definition) is 2. The number of aryl methyl sites for hydroxylation is 1. The fraction of sp³-hybridized carbons (Fsp3) is 0.286. The second-order valence-electron chi connectivity index (χ2n) is 2.10. The maximum Gasteiger partial charge on any atom is 0.179 e. The zero-order valence-electron chi connectivity index (χ0n) is 5.86. The Morgan fingerprint density at radius 3 is 2.82 bits per heavy atom. The highest BCUT2D eigenvalue weighted by atomic mass is 79.9. The van der Waals surface area contributed by atoms with E-state index in [1.165, 1.54) is 0 Å². The standard InChI is InChI=1S/C7H6BrClOS/c1-4-2-5(6(10)3-9)7(8)11-4/h2H,3H2,1H3. The summed E-state index contributed by atoms with van der Waals surface area (Å²) in [5.74, 6) is 0.0253. The van der Waals surface area contributed by atoms with Gasteiger partial charge >= 0.3 is 0 Å². The second kappa shape index (κ2) is 3.70. The fourth-order valence-corrected chi connectivity index (χ4v) is 2.74. The van der Waals surface area contributed by atoms with Gasteiger partial charge in [-0.1, -0.05) is 0 Å². The van der Waals surface area contributed by atoms with Gasteiger partial charge in [0.05, 0.1) is 9.67 Å². The molecule has 0 saturated heterocycles. The number of carbonyl (C=O) groups excluding carboxylic acids is 1. The Morgan fingerprint density at radius 2 is 2.45 bits per heavy atom. The lowest BCUT2D eigenvalue weighted by Crippen LogP contribution is -1.98. The predicted molar refractivity (Wildman–Crippen MR) is 51.8 cm³/mol. The minimum absolute atomic E-state index is 0.0251. The van der Waals surface area contributed by atoms with E-state index in [1.807, 2.05) is 13.0 Å². The van der Waals surface area contributed by atoms with E-state index < -0.39 is 0 Å². The van der Waals surface area contributed by atoms with Crippen LogP contribution in [-0.2, 0) is 0 Å². The van der Waals surface area contributed by atoms with Crippen LogP contribution in [0.3, 0.4) is 0 Å². The Morgan fingerprint density at radius 1 is 1.82 bits per heavy atom. The average molecular weight is 254 g/mol. The fourth-order valence-electron chi connectivity index (χ4n) is 0.748. The van der Waals surface area contributed by atoms with Crippen molar-refractivity contribution in [2.45, 2.75) is 6.92 Å². The quantitative estimate of drug-likeness (QED) is 0.584. The van der Waals surface area contributed by atoms with E-state index in [1.54, 1.807) is 11.3 Å². The lowest BCUT2D eigenvalue weighted by Gasteiger charge is -1.90. The molecule has 60 valence electrons. The number of Topliss-reactive ketones (excluding diaryl/α,β-unsaturated/α-hetero) is 1. The first-order chi connectivity index (χ1) is 5.15. The number of rotatable bonds is 2. The molecule has 0 N–H and O–H groups in total. The summed E-state index contributed by atoms with van der Waals surface area (Å²) in [7, 11) is 0. The number of ketones is 1. The number of hydrogen-bond donors (Lipinski definition) is 0. The highest BCUT2D eigenvalue weighted by molar-refractivity contribution is 9.11. The molecule has 0 saturated carbocycles. The molecule has 4 heteroatoms. The van der Waals surface area contributed by atoms with Crippen LogP contribution in [0, 0.1) is 6.92 Å². The van der Waals surface area contributed by atoms with Crippen LogP contribution in [0.25, 0.3) is 0 Å². The molecule has 1 heterocycles. The molecular formula is C7H6BrClOS. The van der Waals surface area contributed by atoms with Crippen molar-refractivity contribution in [1.29, 1.82) is 0 Å². The van der Waals surface area contributed by atoms with Crippen molar-refractivity contribution in [3.05, 3.63) is 20.3 Å². The topological polar surface area (TPSA) is 17.1 Å². The smallest absolute Gasteiger partial charge is 0.179 e. The van der Waals surface area contributed by atoms with Gasteiger partial charge in [0.15, 0.2) is 5.78 Å². The molecule has 1 aromatic heterocycles. The zero-order valence-corrected chi connectivity index (χ0v) is 9.02. The SMILES string of the molecule is Cc1cc(C(=O)CCl)c(Br)s1. The molecule has 0 amide bonds. The van der Waals surface area contributed by atoms with Gasteiger partial charge in [-0.25, -0.2) is 0 Å². The molecule has 0 atom stereocenters. The summed E-state index contributed by atoms with van der Waals surface area (Å²) in [6.45, 7) is 1.96. The van der Waals surface area contributed by atoms with Crippen molar-refractivity contribution < 1.29 is 4.79 Å². The summed E-state index contributed by atoms with van der Waals surface area (Å²) in [5, 5.41) is 0.